The van der Waals surface area contributed by atoms with Crippen molar-refractivity contribution >= 4 is 11.6 Å². The van der Waals surface area contributed by atoms with Crippen LogP contribution in [0.2, 0.25) is 5.02 Å². The second-order valence-corrected chi connectivity index (χ2v) is 4.40. The minimum Gasteiger partial charge on any atom is -0.504 e. The molecule has 1 aromatic carbocycles. The Morgan fingerprint density at radius 2 is 2.19 bits per heavy atom. The molecule has 1 unspecified atom stereocenters. The molecule has 0 bridgehead atoms. The van der Waals surface area contributed by atoms with Crippen LogP contribution in [0.25, 0.3) is 0 Å². The molecule has 0 amide bonds. The number of hydrogen-bond donors (Lipinski definition) is 3. The van der Waals surface area contributed by atoms with E-state index in [9.17, 15) is 14.6 Å². The summed E-state index contributed by atoms with van der Waals surface area (Å²) in [4.78, 5) is 0. The van der Waals surface area contributed by atoms with Crippen LogP contribution in [-0.4, -0.2) is 23.3 Å². The predicted molar refractivity (Wildman–Crippen MR) is 59.6 cm³/mol. The average molecular weight is 246 g/mol. The zero-order valence-corrected chi connectivity index (χ0v) is 9.39. The summed E-state index contributed by atoms with van der Waals surface area (Å²) in [6, 6.07) is 1.02. The number of aromatic hydroxyl groups is 2. The van der Waals surface area contributed by atoms with Gasteiger partial charge in [-0.15, -0.1) is 0 Å². The lowest BCUT2D eigenvalue weighted by atomic mass is 9.90. The quantitative estimate of drug-likeness (QED) is 0.666. The molecule has 3 nitrogen and oxygen atoms in total. The van der Waals surface area contributed by atoms with Gasteiger partial charge in [-0.25, -0.2) is 4.39 Å². The highest BCUT2D eigenvalue weighted by molar-refractivity contribution is 6.31. The van der Waals surface area contributed by atoms with Crippen LogP contribution < -0.4 is 5.32 Å². The van der Waals surface area contributed by atoms with Gasteiger partial charge in [-0.3, -0.25) is 0 Å². The van der Waals surface area contributed by atoms with Crippen molar-refractivity contribution < 1.29 is 14.6 Å². The van der Waals surface area contributed by atoms with Crippen molar-refractivity contribution in [2.75, 3.05) is 13.1 Å². The number of phenols is 2. The molecule has 3 N–H and O–H groups in total. The molecule has 1 saturated heterocycles. The minimum absolute atomic E-state index is 0.122. The molecule has 0 radical (unpaired) electrons. The Morgan fingerprint density at radius 1 is 1.44 bits per heavy atom. The molecule has 1 aromatic rings. The maximum Gasteiger partial charge on any atom is 0.164 e. The Kier molecular flexibility index (Phi) is 3.21. The molecule has 0 aliphatic carbocycles. The van der Waals surface area contributed by atoms with Crippen LogP contribution in [0.1, 0.15) is 24.3 Å². The Morgan fingerprint density at radius 3 is 2.81 bits per heavy atom. The molecule has 0 aromatic heterocycles. The Bertz CT molecular complexity index is 379. The second kappa shape index (κ2) is 4.47. The van der Waals surface area contributed by atoms with E-state index in [1.807, 2.05) is 0 Å². The molecule has 1 aliphatic rings. The van der Waals surface area contributed by atoms with Gasteiger partial charge >= 0.3 is 0 Å². The van der Waals surface area contributed by atoms with Gasteiger partial charge < -0.3 is 15.5 Å². The van der Waals surface area contributed by atoms with E-state index in [1.165, 1.54) is 0 Å². The zero-order valence-electron chi connectivity index (χ0n) is 8.63. The summed E-state index contributed by atoms with van der Waals surface area (Å²) in [6.07, 6.45) is 1.69. The molecular formula is C11H13ClFNO2. The maximum absolute atomic E-state index is 13.8. The fraction of sp³-hybridized carbons (Fsp3) is 0.455. The minimum atomic E-state index is -0.634. The summed E-state index contributed by atoms with van der Waals surface area (Å²) < 4.78 is 13.8. The van der Waals surface area contributed by atoms with Crippen LogP contribution in [0, 0.1) is 5.82 Å². The van der Waals surface area contributed by atoms with Gasteiger partial charge in [-0.2, -0.15) is 0 Å². The van der Waals surface area contributed by atoms with E-state index in [0.717, 1.165) is 25.5 Å². The van der Waals surface area contributed by atoms with E-state index >= 15 is 0 Å². The summed E-state index contributed by atoms with van der Waals surface area (Å²) in [5.41, 5.74) is 0.122. The van der Waals surface area contributed by atoms with E-state index in [-0.39, 0.29) is 22.3 Å². The van der Waals surface area contributed by atoms with Crippen molar-refractivity contribution in [2.45, 2.75) is 18.8 Å². The van der Waals surface area contributed by atoms with Crippen molar-refractivity contribution in [3.05, 3.63) is 22.5 Å². The van der Waals surface area contributed by atoms with Crippen LogP contribution in [-0.2, 0) is 0 Å². The number of phenolic OH excluding ortho intramolecular Hbond substituents is 2. The van der Waals surface area contributed by atoms with E-state index in [1.54, 1.807) is 0 Å². The molecule has 0 saturated carbocycles. The average Bonchev–Trinajstić information content (AvgIpc) is 2.28. The van der Waals surface area contributed by atoms with Crippen LogP contribution >= 0.6 is 11.6 Å². The van der Waals surface area contributed by atoms with Crippen LogP contribution in [0.3, 0.4) is 0 Å². The molecule has 2 rings (SSSR count). The van der Waals surface area contributed by atoms with Gasteiger partial charge in [0.15, 0.2) is 11.5 Å². The van der Waals surface area contributed by atoms with Crippen molar-refractivity contribution in [3.8, 4) is 11.5 Å². The SMILES string of the molecule is Oc1cc(Cl)c(F)c(C2CCCNC2)c1O. The highest BCUT2D eigenvalue weighted by atomic mass is 35.5. The molecule has 1 heterocycles. The molecule has 1 atom stereocenters. The Hall–Kier alpha value is -1.00. The molecule has 16 heavy (non-hydrogen) atoms. The molecule has 1 aliphatic heterocycles. The predicted octanol–water partition coefficient (Wildman–Crippen LogP) is 2.36. The maximum atomic E-state index is 13.8. The number of benzene rings is 1. The van der Waals surface area contributed by atoms with E-state index in [2.05, 4.69) is 5.32 Å². The second-order valence-electron chi connectivity index (χ2n) is 4.00. The summed E-state index contributed by atoms with van der Waals surface area (Å²) in [6.45, 7) is 1.48. The van der Waals surface area contributed by atoms with Crippen molar-refractivity contribution in [1.29, 1.82) is 0 Å². The van der Waals surface area contributed by atoms with Crippen molar-refractivity contribution in [1.82, 2.24) is 5.32 Å². The van der Waals surface area contributed by atoms with E-state index < -0.39 is 11.6 Å². The third kappa shape index (κ3) is 1.95. The fourth-order valence-electron chi connectivity index (χ4n) is 2.09. The molecule has 88 valence electrons. The smallest absolute Gasteiger partial charge is 0.164 e. The first-order chi connectivity index (χ1) is 7.61. The van der Waals surface area contributed by atoms with Gasteiger partial charge in [0.2, 0.25) is 0 Å². The third-order valence-electron chi connectivity index (χ3n) is 2.91. The highest BCUT2D eigenvalue weighted by Gasteiger charge is 2.25. The first-order valence-electron chi connectivity index (χ1n) is 5.21. The fourth-order valence-corrected chi connectivity index (χ4v) is 2.30. The number of piperidine rings is 1. The topological polar surface area (TPSA) is 52.5 Å². The van der Waals surface area contributed by atoms with Gasteiger partial charge in [0.05, 0.1) is 5.02 Å². The zero-order chi connectivity index (χ0) is 11.7. The van der Waals surface area contributed by atoms with Gasteiger partial charge in [0.1, 0.15) is 5.82 Å². The first-order valence-corrected chi connectivity index (χ1v) is 5.59. The molecular weight excluding hydrogens is 233 g/mol. The normalized spacial score (nSPS) is 21.0. The van der Waals surface area contributed by atoms with Crippen molar-refractivity contribution in [2.24, 2.45) is 0 Å². The van der Waals surface area contributed by atoms with Gasteiger partial charge in [0.25, 0.3) is 0 Å². The number of rotatable bonds is 1. The lowest BCUT2D eigenvalue weighted by Gasteiger charge is -2.24. The highest BCUT2D eigenvalue weighted by Crippen LogP contribution is 2.41. The lowest BCUT2D eigenvalue weighted by molar-refractivity contribution is 0.375. The Labute approximate surface area is 97.9 Å². The van der Waals surface area contributed by atoms with Crippen LogP contribution in [0.15, 0.2) is 6.07 Å². The van der Waals surface area contributed by atoms with Gasteiger partial charge in [-0.05, 0) is 19.4 Å². The largest absolute Gasteiger partial charge is 0.504 e. The van der Waals surface area contributed by atoms with Gasteiger partial charge in [0, 0.05) is 24.1 Å². The number of nitrogens with one attached hydrogen (secondary N) is 1. The van der Waals surface area contributed by atoms with Crippen molar-refractivity contribution in [3.63, 3.8) is 0 Å². The summed E-state index contributed by atoms with van der Waals surface area (Å²) >= 11 is 5.64. The van der Waals surface area contributed by atoms with E-state index in [0.29, 0.717) is 6.54 Å². The monoisotopic (exact) mass is 245 g/mol. The van der Waals surface area contributed by atoms with Crippen LogP contribution in [0.5, 0.6) is 11.5 Å². The van der Waals surface area contributed by atoms with Gasteiger partial charge in [-0.1, -0.05) is 11.6 Å². The molecule has 0 spiro atoms. The van der Waals surface area contributed by atoms with Crippen LogP contribution in [0.4, 0.5) is 4.39 Å². The lowest BCUT2D eigenvalue weighted by Crippen LogP contribution is -2.28. The standard InChI is InChI=1S/C11H13ClFNO2/c12-7-4-8(15)11(16)9(10(7)13)6-2-1-3-14-5-6/h4,6,14-16H,1-3,5H2. The van der Waals surface area contributed by atoms with E-state index in [4.69, 9.17) is 11.6 Å². The Balaban J connectivity index is 2.45. The molecule has 1 fully saturated rings. The summed E-state index contributed by atoms with van der Waals surface area (Å²) in [7, 11) is 0. The molecule has 5 heteroatoms. The summed E-state index contributed by atoms with van der Waals surface area (Å²) in [5, 5.41) is 22.1. The number of halogens is 2. The number of hydrogen-bond acceptors (Lipinski definition) is 3. The first kappa shape index (κ1) is 11.5. The third-order valence-corrected chi connectivity index (χ3v) is 3.19. The summed E-state index contributed by atoms with van der Waals surface area (Å²) in [5.74, 6) is -1.54.